The molecule has 1 aliphatic heterocycles. The predicted molar refractivity (Wildman–Crippen MR) is 110 cm³/mol. The minimum absolute atomic E-state index is 0.137. The van der Waals surface area contributed by atoms with Crippen LogP contribution in [-0.2, 0) is 13.6 Å². The SMILES string of the molecule is Cn1nccc1CN1CCC[C@@H]1c1csc(NC(=O)c2ccc(Br)cc2)n1. The summed E-state index contributed by atoms with van der Waals surface area (Å²) in [4.78, 5) is 19.5. The number of nitrogens with one attached hydrogen (secondary N) is 1. The number of aromatic nitrogens is 3. The van der Waals surface area contributed by atoms with Crippen molar-refractivity contribution in [2.75, 3.05) is 11.9 Å². The zero-order valence-corrected chi connectivity index (χ0v) is 17.3. The maximum Gasteiger partial charge on any atom is 0.257 e. The summed E-state index contributed by atoms with van der Waals surface area (Å²) in [5.74, 6) is -0.137. The van der Waals surface area contributed by atoms with Gasteiger partial charge in [-0.1, -0.05) is 15.9 Å². The Morgan fingerprint density at radius 1 is 1.33 bits per heavy atom. The van der Waals surface area contributed by atoms with Gasteiger partial charge in [0.2, 0.25) is 0 Å². The summed E-state index contributed by atoms with van der Waals surface area (Å²) in [7, 11) is 1.97. The molecule has 1 aromatic carbocycles. The largest absolute Gasteiger partial charge is 0.298 e. The molecule has 3 heterocycles. The third-order valence-electron chi connectivity index (χ3n) is 4.84. The number of thiazole rings is 1. The minimum Gasteiger partial charge on any atom is -0.298 e. The molecular formula is C19H20BrN5OS. The molecule has 0 bridgehead atoms. The Morgan fingerprint density at radius 3 is 2.89 bits per heavy atom. The minimum atomic E-state index is -0.137. The van der Waals surface area contributed by atoms with E-state index in [9.17, 15) is 4.79 Å². The Balaban J connectivity index is 1.44. The fourth-order valence-corrected chi connectivity index (χ4v) is 4.40. The van der Waals surface area contributed by atoms with Crippen LogP contribution in [0.25, 0.3) is 0 Å². The highest BCUT2D eigenvalue weighted by molar-refractivity contribution is 9.10. The molecule has 1 aliphatic rings. The number of likely N-dealkylation sites (tertiary alicyclic amines) is 1. The highest BCUT2D eigenvalue weighted by Gasteiger charge is 2.28. The van der Waals surface area contributed by atoms with Crippen LogP contribution in [0.3, 0.4) is 0 Å². The highest BCUT2D eigenvalue weighted by Crippen LogP contribution is 2.34. The lowest BCUT2D eigenvalue weighted by atomic mass is 10.1. The Kier molecular flexibility index (Phi) is 5.38. The molecule has 1 amide bonds. The van der Waals surface area contributed by atoms with Crippen LogP contribution < -0.4 is 5.32 Å². The van der Waals surface area contributed by atoms with E-state index in [1.807, 2.05) is 30.1 Å². The lowest BCUT2D eigenvalue weighted by molar-refractivity contribution is 0.102. The van der Waals surface area contributed by atoms with Crippen LogP contribution in [0, 0.1) is 0 Å². The number of nitrogens with zero attached hydrogens (tertiary/aromatic N) is 4. The van der Waals surface area contributed by atoms with Crippen LogP contribution in [0.4, 0.5) is 5.13 Å². The number of rotatable bonds is 5. The van der Waals surface area contributed by atoms with Gasteiger partial charge in [-0.05, 0) is 49.7 Å². The van der Waals surface area contributed by atoms with Gasteiger partial charge < -0.3 is 0 Å². The van der Waals surface area contributed by atoms with Gasteiger partial charge in [0.05, 0.1) is 17.4 Å². The fourth-order valence-electron chi connectivity index (χ4n) is 3.38. The number of halogens is 1. The molecule has 3 aromatic rings. The molecule has 27 heavy (non-hydrogen) atoms. The number of benzene rings is 1. The van der Waals surface area contributed by atoms with Crippen molar-refractivity contribution < 1.29 is 4.79 Å². The van der Waals surface area contributed by atoms with Crippen LogP contribution in [0.1, 0.15) is 40.6 Å². The number of carbonyl (C=O) groups is 1. The van der Waals surface area contributed by atoms with Crippen LogP contribution in [0.2, 0.25) is 0 Å². The number of carbonyl (C=O) groups excluding carboxylic acids is 1. The zero-order valence-electron chi connectivity index (χ0n) is 14.9. The summed E-state index contributed by atoms with van der Waals surface area (Å²) in [5.41, 5.74) is 2.85. The van der Waals surface area contributed by atoms with Crippen LogP contribution in [0.15, 0.2) is 46.4 Å². The molecule has 1 N–H and O–H groups in total. The van der Waals surface area contributed by atoms with Crippen molar-refractivity contribution in [1.82, 2.24) is 19.7 Å². The van der Waals surface area contributed by atoms with Gasteiger partial charge in [-0.25, -0.2) is 4.98 Å². The maximum atomic E-state index is 12.4. The van der Waals surface area contributed by atoms with E-state index in [0.717, 1.165) is 36.1 Å². The van der Waals surface area contributed by atoms with Crippen molar-refractivity contribution >= 4 is 38.3 Å². The number of anilines is 1. The van der Waals surface area contributed by atoms with Crippen LogP contribution in [-0.4, -0.2) is 32.1 Å². The van der Waals surface area contributed by atoms with E-state index in [1.165, 1.54) is 17.0 Å². The number of hydrogen-bond donors (Lipinski definition) is 1. The van der Waals surface area contributed by atoms with Gasteiger partial charge in [0.15, 0.2) is 5.13 Å². The van der Waals surface area contributed by atoms with Gasteiger partial charge in [0.1, 0.15) is 0 Å². The zero-order chi connectivity index (χ0) is 18.8. The van der Waals surface area contributed by atoms with E-state index in [4.69, 9.17) is 4.98 Å². The first kappa shape index (κ1) is 18.3. The Labute approximate surface area is 170 Å². The lowest BCUT2D eigenvalue weighted by Gasteiger charge is -2.22. The van der Waals surface area contributed by atoms with Gasteiger partial charge in [-0.2, -0.15) is 5.10 Å². The molecule has 2 aromatic heterocycles. The third-order valence-corrected chi connectivity index (χ3v) is 6.15. The van der Waals surface area contributed by atoms with E-state index in [1.54, 1.807) is 12.1 Å². The summed E-state index contributed by atoms with van der Waals surface area (Å²) < 4.78 is 2.87. The van der Waals surface area contributed by atoms with Crippen molar-refractivity contribution in [3.63, 3.8) is 0 Å². The van der Waals surface area contributed by atoms with Crippen molar-refractivity contribution in [3.05, 3.63) is 63.3 Å². The first-order valence-corrected chi connectivity index (χ1v) is 10.5. The average molecular weight is 446 g/mol. The summed E-state index contributed by atoms with van der Waals surface area (Å²) in [6.07, 6.45) is 4.07. The smallest absolute Gasteiger partial charge is 0.257 e. The molecule has 0 radical (unpaired) electrons. The van der Waals surface area contributed by atoms with Gasteiger partial charge >= 0.3 is 0 Å². The molecule has 0 spiro atoms. The third kappa shape index (κ3) is 4.12. The number of hydrogen-bond acceptors (Lipinski definition) is 5. The Morgan fingerprint density at radius 2 is 2.15 bits per heavy atom. The maximum absolute atomic E-state index is 12.4. The standard InChI is InChI=1S/C19H20BrN5OS/c1-24-15(8-9-21-24)11-25-10-2-3-17(25)16-12-27-19(22-16)23-18(26)13-4-6-14(20)7-5-13/h4-9,12,17H,2-3,10-11H2,1H3,(H,22,23,26)/t17-/m1/s1. The molecule has 4 rings (SSSR count). The van der Waals surface area contributed by atoms with E-state index in [2.05, 4.69) is 42.7 Å². The molecule has 140 valence electrons. The average Bonchev–Trinajstić information content (AvgIpc) is 3.38. The fraction of sp³-hybridized carbons (Fsp3) is 0.316. The van der Waals surface area contributed by atoms with Gasteiger partial charge in [0.25, 0.3) is 5.91 Å². The monoisotopic (exact) mass is 445 g/mol. The number of amides is 1. The van der Waals surface area contributed by atoms with E-state index in [0.29, 0.717) is 10.7 Å². The van der Waals surface area contributed by atoms with Gasteiger partial charge in [0, 0.05) is 35.2 Å². The normalized spacial score (nSPS) is 17.3. The van der Waals surface area contributed by atoms with E-state index < -0.39 is 0 Å². The number of aryl methyl sites for hydroxylation is 1. The van der Waals surface area contributed by atoms with Crippen LogP contribution in [0.5, 0.6) is 0 Å². The van der Waals surface area contributed by atoms with Crippen molar-refractivity contribution in [2.24, 2.45) is 7.05 Å². The molecule has 1 saturated heterocycles. The molecule has 0 aliphatic carbocycles. The van der Waals surface area contributed by atoms with Crippen molar-refractivity contribution in [1.29, 1.82) is 0 Å². The van der Waals surface area contributed by atoms with Crippen LogP contribution >= 0.6 is 27.3 Å². The highest BCUT2D eigenvalue weighted by atomic mass is 79.9. The second-order valence-corrected chi connectivity index (χ2v) is 8.39. The second kappa shape index (κ2) is 7.92. The molecule has 1 atom stereocenters. The topological polar surface area (TPSA) is 63.1 Å². The second-order valence-electron chi connectivity index (χ2n) is 6.61. The summed E-state index contributed by atoms with van der Waals surface area (Å²) in [6, 6.07) is 9.64. The summed E-state index contributed by atoms with van der Waals surface area (Å²) >= 11 is 4.86. The van der Waals surface area contributed by atoms with Crippen molar-refractivity contribution in [3.8, 4) is 0 Å². The summed E-state index contributed by atoms with van der Waals surface area (Å²) in [5, 5.41) is 9.87. The molecule has 0 saturated carbocycles. The summed E-state index contributed by atoms with van der Waals surface area (Å²) in [6.45, 7) is 1.91. The van der Waals surface area contributed by atoms with Crippen molar-refractivity contribution in [2.45, 2.75) is 25.4 Å². The van der Waals surface area contributed by atoms with E-state index >= 15 is 0 Å². The Hall–Kier alpha value is -2.03. The molecule has 0 unspecified atom stereocenters. The quantitative estimate of drug-likeness (QED) is 0.637. The molecular weight excluding hydrogens is 426 g/mol. The first-order chi connectivity index (χ1) is 13.1. The Bertz CT molecular complexity index is 936. The van der Waals surface area contributed by atoms with Gasteiger partial charge in [-0.3, -0.25) is 19.7 Å². The first-order valence-electron chi connectivity index (χ1n) is 8.83. The van der Waals surface area contributed by atoms with E-state index in [-0.39, 0.29) is 11.9 Å². The molecule has 8 heteroatoms. The van der Waals surface area contributed by atoms with Gasteiger partial charge in [-0.15, -0.1) is 11.3 Å². The lowest BCUT2D eigenvalue weighted by Crippen LogP contribution is -2.24. The molecule has 6 nitrogen and oxygen atoms in total. The predicted octanol–water partition coefficient (Wildman–Crippen LogP) is 4.23. The molecule has 1 fully saturated rings.